The molecule has 1 saturated heterocycles. The monoisotopic (exact) mass is 214 g/mol. The van der Waals surface area contributed by atoms with Gasteiger partial charge in [-0.05, 0) is 32.9 Å². The lowest BCUT2D eigenvalue weighted by atomic mass is 10.00. The molecule has 1 aliphatic rings. The summed E-state index contributed by atoms with van der Waals surface area (Å²) in [5, 5.41) is 12.3. The third-order valence-corrected chi connectivity index (χ3v) is 3.16. The van der Waals surface area contributed by atoms with Gasteiger partial charge in [-0.2, -0.15) is 0 Å². The molecule has 1 aliphatic heterocycles. The Labute approximate surface area is 91.6 Å². The zero-order chi connectivity index (χ0) is 11.3. The fourth-order valence-corrected chi connectivity index (χ4v) is 2.20. The van der Waals surface area contributed by atoms with E-state index in [0.29, 0.717) is 6.04 Å². The van der Waals surface area contributed by atoms with Crippen LogP contribution in [-0.4, -0.2) is 47.7 Å². The zero-order valence-electron chi connectivity index (χ0n) is 9.70. The predicted octanol–water partition coefficient (Wildman–Crippen LogP) is 0.923. The van der Waals surface area contributed by atoms with Crippen molar-refractivity contribution in [3.8, 4) is 0 Å². The van der Waals surface area contributed by atoms with Crippen molar-refractivity contribution >= 4 is 5.97 Å². The largest absolute Gasteiger partial charge is 0.480 e. The van der Waals surface area contributed by atoms with Gasteiger partial charge in [-0.1, -0.05) is 13.3 Å². The molecule has 1 rings (SSSR count). The molecule has 0 bridgehead atoms. The number of carboxylic acid groups (broad SMARTS) is 1. The molecule has 2 N–H and O–H groups in total. The molecule has 4 heteroatoms. The highest BCUT2D eigenvalue weighted by Crippen LogP contribution is 2.19. The van der Waals surface area contributed by atoms with Gasteiger partial charge >= 0.3 is 5.97 Å². The van der Waals surface area contributed by atoms with Crippen LogP contribution in [0.1, 0.15) is 33.1 Å². The van der Waals surface area contributed by atoms with Gasteiger partial charge in [0.25, 0.3) is 0 Å². The lowest BCUT2D eigenvalue weighted by molar-refractivity contribution is -0.144. The molecule has 0 spiro atoms. The molecule has 4 nitrogen and oxygen atoms in total. The Morgan fingerprint density at radius 3 is 2.93 bits per heavy atom. The number of hydrogen-bond acceptors (Lipinski definition) is 3. The molecular formula is C11H22N2O2. The highest BCUT2D eigenvalue weighted by Gasteiger charge is 2.29. The van der Waals surface area contributed by atoms with E-state index in [2.05, 4.69) is 17.1 Å². The van der Waals surface area contributed by atoms with Gasteiger partial charge in [0, 0.05) is 12.6 Å². The summed E-state index contributed by atoms with van der Waals surface area (Å²) in [6.07, 6.45) is 3.46. The first kappa shape index (κ1) is 12.5. The molecule has 0 aromatic rings. The standard InChI is InChI=1S/C11H22N2O2/c1-3-12-8-10-6-4-5-7-13(10)9(2)11(14)15/h9-10,12H,3-8H2,1-2H3,(H,14,15). The van der Waals surface area contributed by atoms with Crippen molar-refractivity contribution in [1.82, 2.24) is 10.2 Å². The number of nitrogens with one attached hydrogen (secondary N) is 1. The van der Waals surface area contributed by atoms with Gasteiger partial charge in [-0.25, -0.2) is 0 Å². The van der Waals surface area contributed by atoms with Crippen molar-refractivity contribution in [1.29, 1.82) is 0 Å². The number of nitrogens with zero attached hydrogens (tertiary/aromatic N) is 1. The van der Waals surface area contributed by atoms with Crippen LogP contribution >= 0.6 is 0 Å². The number of carbonyl (C=O) groups is 1. The van der Waals surface area contributed by atoms with E-state index >= 15 is 0 Å². The van der Waals surface area contributed by atoms with Crippen molar-refractivity contribution < 1.29 is 9.90 Å². The summed E-state index contributed by atoms with van der Waals surface area (Å²) in [5.74, 6) is -0.710. The van der Waals surface area contributed by atoms with E-state index in [-0.39, 0.29) is 6.04 Å². The van der Waals surface area contributed by atoms with Crippen molar-refractivity contribution in [2.45, 2.75) is 45.2 Å². The molecule has 1 heterocycles. The quantitative estimate of drug-likeness (QED) is 0.714. The smallest absolute Gasteiger partial charge is 0.320 e. The van der Waals surface area contributed by atoms with E-state index in [0.717, 1.165) is 32.5 Å². The van der Waals surface area contributed by atoms with Crippen LogP contribution in [0.25, 0.3) is 0 Å². The molecule has 2 unspecified atom stereocenters. The van der Waals surface area contributed by atoms with E-state index in [4.69, 9.17) is 5.11 Å². The van der Waals surface area contributed by atoms with Gasteiger partial charge in [0.1, 0.15) is 6.04 Å². The second kappa shape index (κ2) is 6.08. The Morgan fingerprint density at radius 1 is 1.60 bits per heavy atom. The second-order valence-electron chi connectivity index (χ2n) is 4.21. The summed E-state index contributed by atoms with van der Waals surface area (Å²) in [6, 6.07) is 0.0405. The summed E-state index contributed by atoms with van der Waals surface area (Å²) in [6.45, 7) is 6.64. The number of likely N-dealkylation sites (N-methyl/N-ethyl adjacent to an activating group) is 1. The maximum absolute atomic E-state index is 11.0. The molecule has 15 heavy (non-hydrogen) atoms. The lowest BCUT2D eigenvalue weighted by Crippen LogP contribution is -2.52. The van der Waals surface area contributed by atoms with Gasteiger partial charge in [0.15, 0.2) is 0 Å². The Kier molecular flexibility index (Phi) is 5.05. The van der Waals surface area contributed by atoms with Crippen LogP contribution in [0.3, 0.4) is 0 Å². The summed E-state index contributed by atoms with van der Waals surface area (Å²) < 4.78 is 0. The number of aliphatic carboxylic acids is 1. The minimum absolute atomic E-state index is 0.353. The number of piperidine rings is 1. The predicted molar refractivity (Wildman–Crippen MR) is 60.0 cm³/mol. The molecule has 0 saturated carbocycles. The molecule has 2 atom stereocenters. The van der Waals surface area contributed by atoms with Gasteiger partial charge in [-0.3, -0.25) is 9.69 Å². The molecule has 0 aromatic heterocycles. The molecule has 0 aromatic carbocycles. The Bertz CT molecular complexity index is 209. The topological polar surface area (TPSA) is 52.6 Å². The average molecular weight is 214 g/mol. The van der Waals surface area contributed by atoms with Crippen LogP contribution in [0.15, 0.2) is 0 Å². The summed E-state index contributed by atoms with van der Waals surface area (Å²) >= 11 is 0. The molecule has 0 aliphatic carbocycles. The highest BCUT2D eigenvalue weighted by molar-refractivity contribution is 5.72. The van der Waals surface area contributed by atoms with Crippen LogP contribution < -0.4 is 5.32 Å². The molecule has 88 valence electrons. The van der Waals surface area contributed by atoms with E-state index in [9.17, 15) is 4.79 Å². The fourth-order valence-electron chi connectivity index (χ4n) is 2.20. The third-order valence-electron chi connectivity index (χ3n) is 3.16. The Balaban J connectivity index is 2.52. The van der Waals surface area contributed by atoms with Crippen LogP contribution in [0, 0.1) is 0 Å². The lowest BCUT2D eigenvalue weighted by Gasteiger charge is -2.38. The first-order chi connectivity index (χ1) is 7.16. The summed E-state index contributed by atoms with van der Waals surface area (Å²) in [4.78, 5) is 13.1. The van der Waals surface area contributed by atoms with Gasteiger partial charge in [-0.15, -0.1) is 0 Å². The van der Waals surface area contributed by atoms with E-state index in [1.54, 1.807) is 6.92 Å². The Hall–Kier alpha value is -0.610. The van der Waals surface area contributed by atoms with E-state index < -0.39 is 5.97 Å². The zero-order valence-corrected chi connectivity index (χ0v) is 9.70. The van der Waals surface area contributed by atoms with Crippen LogP contribution in [-0.2, 0) is 4.79 Å². The normalized spacial score (nSPS) is 25.1. The first-order valence-electron chi connectivity index (χ1n) is 5.86. The van der Waals surface area contributed by atoms with Gasteiger partial charge in [0.2, 0.25) is 0 Å². The van der Waals surface area contributed by atoms with Crippen molar-refractivity contribution in [3.05, 3.63) is 0 Å². The van der Waals surface area contributed by atoms with Crippen molar-refractivity contribution in [2.24, 2.45) is 0 Å². The van der Waals surface area contributed by atoms with Crippen molar-refractivity contribution in [3.63, 3.8) is 0 Å². The molecule has 0 amide bonds. The van der Waals surface area contributed by atoms with E-state index in [1.165, 1.54) is 6.42 Å². The minimum atomic E-state index is -0.710. The van der Waals surface area contributed by atoms with Gasteiger partial charge < -0.3 is 10.4 Å². The Morgan fingerprint density at radius 2 is 2.33 bits per heavy atom. The highest BCUT2D eigenvalue weighted by atomic mass is 16.4. The van der Waals surface area contributed by atoms with Crippen LogP contribution in [0.5, 0.6) is 0 Å². The third kappa shape index (κ3) is 3.47. The van der Waals surface area contributed by atoms with Crippen LogP contribution in [0.2, 0.25) is 0 Å². The second-order valence-corrected chi connectivity index (χ2v) is 4.21. The summed E-state index contributed by atoms with van der Waals surface area (Å²) in [7, 11) is 0. The molecule has 0 radical (unpaired) electrons. The molecular weight excluding hydrogens is 192 g/mol. The van der Waals surface area contributed by atoms with E-state index in [1.807, 2.05) is 0 Å². The summed E-state index contributed by atoms with van der Waals surface area (Å²) in [5.41, 5.74) is 0. The number of carboxylic acids is 1. The number of hydrogen-bond donors (Lipinski definition) is 2. The SMILES string of the molecule is CCNCC1CCCCN1C(C)C(=O)O. The van der Waals surface area contributed by atoms with Gasteiger partial charge in [0.05, 0.1) is 0 Å². The maximum atomic E-state index is 11.0. The van der Waals surface area contributed by atoms with Crippen molar-refractivity contribution in [2.75, 3.05) is 19.6 Å². The molecule has 1 fully saturated rings. The maximum Gasteiger partial charge on any atom is 0.320 e. The fraction of sp³-hybridized carbons (Fsp3) is 0.909. The van der Waals surface area contributed by atoms with Crippen LogP contribution in [0.4, 0.5) is 0 Å². The number of rotatable bonds is 5. The first-order valence-corrected chi connectivity index (χ1v) is 5.86. The minimum Gasteiger partial charge on any atom is -0.480 e. The number of likely N-dealkylation sites (tertiary alicyclic amines) is 1. The average Bonchev–Trinajstić information content (AvgIpc) is 2.25.